The molecule has 0 heterocycles. The summed E-state index contributed by atoms with van der Waals surface area (Å²) in [7, 11) is 0. The highest BCUT2D eigenvalue weighted by atomic mass is 16.1. The molecule has 0 aliphatic heterocycles. The minimum absolute atomic E-state index is 0.256. The van der Waals surface area contributed by atoms with E-state index in [9.17, 15) is 4.79 Å². The number of carbonyl (C=O) groups excluding carboxylic acids is 1. The molecule has 9 rings (SSSR count). The van der Waals surface area contributed by atoms with Gasteiger partial charge in [-0.15, -0.1) is 0 Å². The molecule has 0 saturated carbocycles. The van der Waals surface area contributed by atoms with Crippen LogP contribution in [0.25, 0.3) is 60.9 Å². The van der Waals surface area contributed by atoms with Crippen LogP contribution in [-0.4, -0.2) is 6.29 Å². The topological polar surface area (TPSA) is 17.1 Å². The van der Waals surface area contributed by atoms with Crippen molar-refractivity contribution in [3.05, 3.63) is 210 Å². The Morgan fingerprint density at radius 2 is 1.27 bits per heavy atom. The number of rotatable bonds is 9. The number of carbonyl (C=O) groups is 1. The highest BCUT2D eigenvalue weighted by Gasteiger charge is 2.38. The lowest BCUT2D eigenvalue weighted by molar-refractivity contribution is 0.112. The number of allylic oxidation sites excluding steroid dienone is 4. The summed E-state index contributed by atoms with van der Waals surface area (Å²) in [5.41, 5.74) is 18.4. The maximum absolute atomic E-state index is 12.3. The molecular formula is C51H38O. The lowest BCUT2D eigenvalue weighted by Crippen LogP contribution is -2.07. The maximum Gasteiger partial charge on any atom is 0.150 e. The van der Waals surface area contributed by atoms with Gasteiger partial charge in [-0.2, -0.15) is 0 Å². The molecule has 0 radical (unpaired) electrons. The Morgan fingerprint density at radius 3 is 2.06 bits per heavy atom. The lowest BCUT2D eigenvalue weighted by atomic mass is 9.77. The molecule has 1 unspecified atom stereocenters. The second-order valence-electron chi connectivity index (χ2n) is 13.8. The van der Waals surface area contributed by atoms with Crippen molar-refractivity contribution < 1.29 is 4.79 Å². The Labute approximate surface area is 305 Å². The first kappa shape index (κ1) is 31.7. The van der Waals surface area contributed by atoms with Gasteiger partial charge in [0.15, 0.2) is 6.29 Å². The number of hydrogen-bond acceptors (Lipinski definition) is 1. The molecule has 0 saturated heterocycles. The third-order valence-corrected chi connectivity index (χ3v) is 11.0. The quantitative estimate of drug-likeness (QED) is 0.111. The molecule has 0 aromatic heterocycles. The van der Waals surface area contributed by atoms with Crippen LogP contribution in [0.4, 0.5) is 0 Å². The highest BCUT2D eigenvalue weighted by molar-refractivity contribution is 6.09. The van der Waals surface area contributed by atoms with E-state index in [-0.39, 0.29) is 5.92 Å². The van der Waals surface area contributed by atoms with E-state index in [2.05, 4.69) is 146 Å². The average molecular weight is 667 g/mol. The summed E-state index contributed by atoms with van der Waals surface area (Å²) in [5, 5.41) is 2.67. The van der Waals surface area contributed by atoms with Gasteiger partial charge in [0, 0.05) is 11.5 Å². The van der Waals surface area contributed by atoms with Crippen molar-refractivity contribution in [3.8, 4) is 44.5 Å². The van der Waals surface area contributed by atoms with Crippen LogP contribution in [0.1, 0.15) is 56.9 Å². The molecule has 1 atom stereocenters. The van der Waals surface area contributed by atoms with Gasteiger partial charge < -0.3 is 0 Å². The van der Waals surface area contributed by atoms with E-state index < -0.39 is 0 Å². The van der Waals surface area contributed by atoms with Crippen molar-refractivity contribution in [2.75, 3.05) is 0 Å². The fourth-order valence-corrected chi connectivity index (χ4v) is 8.82. The van der Waals surface area contributed by atoms with Crippen LogP contribution in [0.3, 0.4) is 0 Å². The molecule has 1 heteroatoms. The summed E-state index contributed by atoms with van der Waals surface area (Å²) in [5.74, 6) is 0.256. The van der Waals surface area contributed by atoms with E-state index >= 15 is 0 Å². The molecule has 7 aromatic carbocycles. The van der Waals surface area contributed by atoms with Gasteiger partial charge in [-0.1, -0.05) is 170 Å². The number of fused-ring (bicyclic) bond motifs is 4. The Bertz CT molecular complexity index is 2570. The van der Waals surface area contributed by atoms with Crippen molar-refractivity contribution in [1.82, 2.24) is 0 Å². The predicted octanol–water partition coefficient (Wildman–Crippen LogP) is 13.3. The van der Waals surface area contributed by atoms with Crippen LogP contribution in [0, 0.1) is 0 Å². The van der Waals surface area contributed by atoms with Crippen LogP contribution >= 0.6 is 0 Å². The Morgan fingerprint density at radius 1 is 0.577 bits per heavy atom. The van der Waals surface area contributed by atoms with E-state index in [4.69, 9.17) is 0 Å². The van der Waals surface area contributed by atoms with Crippen LogP contribution in [0.5, 0.6) is 0 Å². The molecule has 0 N–H and O–H groups in total. The standard InChI is InChI=1S/C51H38O/c1-2-3-4-11-24-44-41-23-14-15-25-43(41)48(35-19-9-6-10-20-35)51-46-31-30-40(42-26-16-27-45(49(42)46)50(44)51)36-28-29-39(34-17-7-5-8-18-34)47(32-36)38-22-13-12-21-37(38)33-52/h2-10,12-23,25-30,32-33,46H,1,11,24,31H2. The van der Waals surface area contributed by atoms with Crippen molar-refractivity contribution in [2.45, 2.75) is 25.2 Å². The Hall–Kier alpha value is -6.31. The van der Waals surface area contributed by atoms with Crippen LogP contribution in [0.2, 0.25) is 0 Å². The van der Waals surface area contributed by atoms with Gasteiger partial charge in [-0.3, -0.25) is 4.79 Å². The van der Waals surface area contributed by atoms with Gasteiger partial charge in [0.25, 0.3) is 0 Å². The number of aryl methyl sites for hydroxylation is 1. The third-order valence-electron chi connectivity index (χ3n) is 11.0. The first-order valence-electron chi connectivity index (χ1n) is 18.3. The first-order chi connectivity index (χ1) is 25.8. The maximum atomic E-state index is 12.3. The minimum atomic E-state index is 0.256. The minimum Gasteiger partial charge on any atom is -0.298 e. The number of benzene rings is 7. The summed E-state index contributed by atoms with van der Waals surface area (Å²) in [6.45, 7) is 3.90. The van der Waals surface area contributed by atoms with Crippen molar-refractivity contribution in [1.29, 1.82) is 0 Å². The normalized spacial score (nSPS) is 14.2. The van der Waals surface area contributed by atoms with E-state index in [1.165, 1.54) is 66.4 Å². The molecule has 1 nitrogen and oxygen atoms in total. The lowest BCUT2D eigenvalue weighted by Gasteiger charge is -2.26. The van der Waals surface area contributed by atoms with Crippen LogP contribution in [0.15, 0.2) is 176 Å². The molecule has 52 heavy (non-hydrogen) atoms. The number of aldehydes is 1. The Balaban J connectivity index is 1.26. The fraction of sp³-hybridized carbons (Fsp3) is 0.0784. The van der Waals surface area contributed by atoms with Gasteiger partial charge in [0.05, 0.1) is 0 Å². The molecule has 2 aliphatic rings. The van der Waals surface area contributed by atoms with E-state index in [1.54, 1.807) is 0 Å². The van der Waals surface area contributed by atoms with Crippen LogP contribution in [-0.2, 0) is 6.42 Å². The zero-order valence-corrected chi connectivity index (χ0v) is 29.1. The molecule has 248 valence electrons. The third kappa shape index (κ3) is 5.20. The van der Waals surface area contributed by atoms with E-state index in [0.717, 1.165) is 47.8 Å². The van der Waals surface area contributed by atoms with E-state index in [1.807, 2.05) is 30.3 Å². The molecule has 7 aromatic rings. The van der Waals surface area contributed by atoms with E-state index in [0.29, 0.717) is 5.56 Å². The second kappa shape index (κ2) is 13.4. The summed E-state index contributed by atoms with van der Waals surface area (Å²) in [6, 6.07) is 52.2. The van der Waals surface area contributed by atoms with Gasteiger partial charge in [-0.25, -0.2) is 0 Å². The smallest absolute Gasteiger partial charge is 0.150 e. The van der Waals surface area contributed by atoms with Gasteiger partial charge in [-0.05, 0) is 114 Å². The SMILES string of the molecule is C=CC=CCCc1c2c(c(-c3ccccc3)c3ccccc13)C1CC=C(c3ccc(-c4ccccc4)c(-c4ccccc4C=O)c3)c3cccc-2c31. The zero-order valence-electron chi connectivity index (χ0n) is 29.1. The largest absolute Gasteiger partial charge is 0.298 e. The molecule has 2 aliphatic carbocycles. The van der Waals surface area contributed by atoms with Crippen molar-refractivity contribution in [3.63, 3.8) is 0 Å². The van der Waals surface area contributed by atoms with Crippen molar-refractivity contribution >= 4 is 22.6 Å². The molecule has 0 fully saturated rings. The first-order valence-corrected chi connectivity index (χ1v) is 18.3. The Kier molecular flexibility index (Phi) is 8.18. The summed E-state index contributed by atoms with van der Waals surface area (Å²) in [6.07, 6.45) is 12.4. The second-order valence-corrected chi connectivity index (χ2v) is 13.8. The summed E-state index contributed by atoms with van der Waals surface area (Å²) < 4.78 is 0. The predicted molar refractivity (Wildman–Crippen MR) is 219 cm³/mol. The molecule has 0 bridgehead atoms. The fourth-order valence-electron chi connectivity index (χ4n) is 8.82. The summed E-state index contributed by atoms with van der Waals surface area (Å²) in [4.78, 5) is 12.3. The van der Waals surface area contributed by atoms with Gasteiger partial charge in [0.2, 0.25) is 0 Å². The molecule has 0 spiro atoms. The highest BCUT2D eigenvalue weighted by Crippen LogP contribution is 2.58. The van der Waals surface area contributed by atoms with Gasteiger partial charge in [0.1, 0.15) is 0 Å². The van der Waals surface area contributed by atoms with Gasteiger partial charge >= 0.3 is 0 Å². The molecule has 0 amide bonds. The number of hydrogen-bond donors (Lipinski definition) is 0. The molecular weight excluding hydrogens is 629 g/mol. The summed E-state index contributed by atoms with van der Waals surface area (Å²) >= 11 is 0. The van der Waals surface area contributed by atoms with Crippen LogP contribution < -0.4 is 0 Å². The average Bonchev–Trinajstić information content (AvgIpc) is 3.54. The van der Waals surface area contributed by atoms with Crippen molar-refractivity contribution in [2.24, 2.45) is 0 Å². The zero-order chi connectivity index (χ0) is 35.0. The monoisotopic (exact) mass is 666 g/mol.